The van der Waals surface area contributed by atoms with Crippen LogP contribution < -0.4 is 10.6 Å². The van der Waals surface area contributed by atoms with Gasteiger partial charge in [0.2, 0.25) is 0 Å². The SMILES string of the molecule is CNCC(CNc1ccc(F)c(F)c1)C(C)C. The molecule has 96 valence electrons. The van der Waals surface area contributed by atoms with E-state index < -0.39 is 11.6 Å². The Morgan fingerprint density at radius 2 is 1.82 bits per heavy atom. The highest BCUT2D eigenvalue weighted by atomic mass is 19.2. The second kappa shape index (κ2) is 6.55. The summed E-state index contributed by atoms with van der Waals surface area (Å²) < 4.78 is 25.7. The first-order chi connectivity index (χ1) is 8.04. The molecule has 0 spiro atoms. The van der Waals surface area contributed by atoms with E-state index in [4.69, 9.17) is 0 Å². The molecule has 4 heteroatoms. The third-order valence-electron chi connectivity index (χ3n) is 2.90. The smallest absolute Gasteiger partial charge is 0.160 e. The first kappa shape index (κ1) is 13.9. The van der Waals surface area contributed by atoms with Crippen molar-refractivity contribution in [2.75, 3.05) is 25.5 Å². The summed E-state index contributed by atoms with van der Waals surface area (Å²) in [5.74, 6) is -0.649. The summed E-state index contributed by atoms with van der Waals surface area (Å²) in [5, 5.41) is 6.26. The molecule has 2 N–H and O–H groups in total. The molecule has 0 bridgehead atoms. The van der Waals surface area contributed by atoms with E-state index in [9.17, 15) is 8.78 Å². The minimum Gasteiger partial charge on any atom is -0.385 e. The zero-order valence-corrected chi connectivity index (χ0v) is 10.6. The maximum atomic E-state index is 13.0. The zero-order chi connectivity index (χ0) is 12.8. The van der Waals surface area contributed by atoms with E-state index in [-0.39, 0.29) is 0 Å². The first-order valence-corrected chi connectivity index (χ1v) is 5.88. The van der Waals surface area contributed by atoms with Crippen molar-refractivity contribution in [3.05, 3.63) is 29.8 Å². The Kier molecular flexibility index (Phi) is 5.35. The predicted molar refractivity (Wildman–Crippen MR) is 67.1 cm³/mol. The summed E-state index contributed by atoms with van der Waals surface area (Å²) in [6, 6.07) is 3.88. The van der Waals surface area contributed by atoms with Crippen LogP contribution in [-0.4, -0.2) is 20.1 Å². The van der Waals surface area contributed by atoms with E-state index in [0.717, 1.165) is 19.2 Å². The molecule has 0 aliphatic carbocycles. The fraction of sp³-hybridized carbons (Fsp3) is 0.538. The molecule has 1 rings (SSSR count). The van der Waals surface area contributed by atoms with E-state index in [2.05, 4.69) is 24.5 Å². The van der Waals surface area contributed by atoms with Crippen LogP contribution in [0, 0.1) is 23.5 Å². The van der Waals surface area contributed by atoms with Gasteiger partial charge < -0.3 is 10.6 Å². The van der Waals surface area contributed by atoms with Gasteiger partial charge in [0.1, 0.15) is 0 Å². The highest BCUT2D eigenvalue weighted by molar-refractivity contribution is 5.43. The monoisotopic (exact) mass is 242 g/mol. The molecular formula is C13H20F2N2. The second-order valence-corrected chi connectivity index (χ2v) is 4.57. The Hall–Kier alpha value is -1.16. The van der Waals surface area contributed by atoms with Crippen molar-refractivity contribution in [3.8, 4) is 0 Å². The number of hydrogen-bond donors (Lipinski definition) is 2. The third-order valence-corrected chi connectivity index (χ3v) is 2.90. The van der Waals surface area contributed by atoms with Gasteiger partial charge in [-0.25, -0.2) is 8.78 Å². The second-order valence-electron chi connectivity index (χ2n) is 4.57. The van der Waals surface area contributed by atoms with Crippen molar-refractivity contribution in [3.63, 3.8) is 0 Å². The van der Waals surface area contributed by atoms with Gasteiger partial charge in [-0.1, -0.05) is 13.8 Å². The van der Waals surface area contributed by atoms with Crippen LogP contribution in [-0.2, 0) is 0 Å². The number of benzene rings is 1. The molecule has 0 saturated carbocycles. The van der Waals surface area contributed by atoms with Crippen LogP contribution in [0.1, 0.15) is 13.8 Å². The molecule has 1 atom stereocenters. The Labute approximate surface area is 101 Å². The molecule has 0 amide bonds. The Morgan fingerprint density at radius 3 is 2.35 bits per heavy atom. The number of anilines is 1. The van der Waals surface area contributed by atoms with Crippen molar-refractivity contribution in [1.29, 1.82) is 0 Å². The standard InChI is InChI=1S/C13H20F2N2/c1-9(2)10(7-16-3)8-17-11-4-5-12(14)13(15)6-11/h4-6,9-10,16-17H,7-8H2,1-3H3. The molecule has 0 aliphatic rings. The van der Waals surface area contributed by atoms with E-state index in [1.807, 2.05) is 7.05 Å². The predicted octanol–water partition coefficient (Wildman–Crippen LogP) is 2.87. The van der Waals surface area contributed by atoms with E-state index in [1.54, 1.807) is 6.07 Å². The summed E-state index contributed by atoms with van der Waals surface area (Å²) in [6.07, 6.45) is 0. The fourth-order valence-electron chi connectivity index (χ4n) is 1.66. The van der Waals surface area contributed by atoms with Crippen LogP contribution in [0.15, 0.2) is 18.2 Å². The molecule has 0 heterocycles. The summed E-state index contributed by atoms with van der Waals surface area (Å²) >= 11 is 0. The number of nitrogens with one attached hydrogen (secondary N) is 2. The average molecular weight is 242 g/mol. The maximum Gasteiger partial charge on any atom is 0.160 e. The lowest BCUT2D eigenvalue weighted by Gasteiger charge is -2.21. The normalized spacial score (nSPS) is 12.8. The largest absolute Gasteiger partial charge is 0.385 e. The molecule has 0 aliphatic heterocycles. The number of halogens is 2. The molecule has 2 nitrogen and oxygen atoms in total. The van der Waals surface area contributed by atoms with Crippen molar-refractivity contribution in [2.45, 2.75) is 13.8 Å². The quantitative estimate of drug-likeness (QED) is 0.801. The van der Waals surface area contributed by atoms with Gasteiger partial charge in [0.25, 0.3) is 0 Å². The van der Waals surface area contributed by atoms with Crippen LogP contribution in [0.5, 0.6) is 0 Å². The zero-order valence-electron chi connectivity index (χ0n) is 10.6. The Morgan fingerprint density at radius 1 is 1.12 bits per heavy atom. The minimum absolute atomic E-state index is 0.452. The summed E-state index contributed by atoms with van der Waals surface area (Å²) in [4.78, 5) is 0. The van der Waals surface area contributed by atoms with Gasteiger partial charge in [-0.2, -0.15) is 0 Å². The molecule has 1 aromatic rings. The summed E-state index contributed by atoms with van der Waals surface area (Å²) in [5.41, 5.74) is 0.616. The first-order valence-electron chi connectivity index (χ1n) is 5.88. The molecule has 0 radical (unpaired) electrons. The van der Waals surface area contributed by atoms with Gasteiger partial charge in [-0.3, -0.25) is 0 Å². The van der Waals surface area contributed by atoms with Gasteiger partial charge in [0, 0.05) is 12.2 Å². The number of hydrogen-bond acceptors (Lipinski definition) is 2. The molecular weight excluding hydrogens is 222 g/mol. The highest BCUT2D eigenvalue weighted by Crippen LogP contribution is 2.15. The van der Waals surface area contributed by atoms with Crippen LogP contribution >= 0.6 is 0 Å². The molecule has 0 fully saturated rings. The van der Waals surface area contributed by atoms with Crippen molar-refractivity contribution in [2.24, 2.45) is 11.8 Å². The average Bonchev–Trinajstić information content (AvgIpc) is 2.28. The summed E-state index contributed by atoms with van der Waals surface area (Å²) in [7, 11) is 1.91. The lowest BCUT2D eigenvalue weighted by atomic mass is 9.95. The van der Waals surface area contributed by atoms with Gasteiger partial charge in [0.05, 0.1) is 0 Å². The molecule has 0 aromatic heterocycles. The van der Waals surface area contributed by atoms with Crippen LogP contribution in [0.4, 0.5) is 14.5 Å². The van der Waals surface area contributed by atoms with Crippen molar-refractivity contribution in [1.82, 2.24) is 5.32 Å². The van der Waals surface area contributed by atoms with Gasteiger partial charge in [0.15, 0.2) is 11.6 Å². The minimum atomic E-state index is -0.815. The van der Waals surface area contributed by atoms with Crippen LogP contribution in [0.2, 0.25) is 0 Å². The molecule has 0 saturated heterocycles. The van der Waals surface area contributed by atoms with Crippen molar-refractivity contribution >= 4 is 5.69 Å². The van der Waals surface area contributed by atoms with Gasteiger partial charge in [-0.15, -0.1) is 0 Å². The van der Waals surface area contributed by atoms with E-state index >= 15 is 0 Å². The highest BCUT2D eigenvalue weighted by Gasteiger charge is 2.12. The Balaban J connectivity index is 2.56. The molecule has 1 unspecified atom stereocenters. The Bertz CT molecular complexity index is 353. The molecule has 1 aromatic carbocycles. The van der Waals surface area contributed by atoms with Gasteiger partial charge in [-0.05, 0) is 43.6 Å². The van der Waals surface area contributed by atoms with Crippen LogP contribution in [0.3, 0.4) is 0 Å². The number of rotatable bonds is 6. The summed E-state index contributed by atoms with van der Waals surface area (Å²) in [6.45, 7) is 5.93. The van der Waals surface area contributed by atoms with E-state index in [1.165, 1.54) is 6.07 Å². The topological polar surface area (TPSA) is 24.1 Å². The fourth-order valence-corrected chi connectivity index (χ4v) is 1.66. The molecule has 17 heavy (non-hydrogen) atoms. The van der Waals surface area contributed by atoms with E-state index in [0.29, 0.717) is 17.5 Å². The maximum absolute atomic E-state index is 13.0. The lowest BCUT2D eigenvalue weighted by Crippen LogP contribution is -2.29. The van der Waals surface area contributed by atoms with Gasteiger partial charge >= 0.3 is 0 Å². The lowest BCUT2D eigenvalue weighted by molar-refractivity contribution is 0.390. The third kappa shape index (κ3) is 4.30. The van der Waals surface area contributed by atoms with Crippen molar-refractivity contribution < 1.29 is 8.78 Å². The van der Waals surface area contributed by atoms with Crippen LogP contribution in [0.25, 0.3) is 0 Å².